The van der Waals surface area contributed by atoms with Gasteiger partial charge in [0.1, 0.15) is 6.04 Å². The van der Waals surface area contributed by atoms with Crippen LogP contribution < -0.4 is 5.32 Å². The van der Waals surface area contributed by atoms with Gasteiger partial charge in [-0.15, -0.1) is 24.2 Å². The molecule has 1 atom stereocenters. The predicted molar refractivity (Wildman–Crippen MR) is 83.8 cm³/mol. The third-order valence-corrected chi connectivity index (χ3v) is 3.72. The quantitative estimate of drug-likeness (QED) is 0.565. The molecular formula is C13H19Cl2NO2S. The number of hydrogen-bond acceptors (Lipinski definition) is 3. The van der Waals surface area contributed by atoms with Crippen molar-refractivity contribution in [1.82, 2.24) is 5.32 Å². The maximum atomic E-state index is 10.9. The number of aliphatic carboxylic acids is 1. The smallest absolute Gasteiger partial charge is 0.320 e. The van der Waals surface area contributed by atoms with Crippen LogP contribution in [0.2, 0.25) is 5.02 Å². The van der Waals surface area contributed by atoms with E-state index in [1.807, 2.05) is 31.2 Å². The number of halogens is 2. The van der Waals surface area contributed by atoms with Crippen LogP contribution in [0.1, 0.15) is 19.8 Å². The van der Waals surface area contributed by atoms with Crippen LogP contribution in [0.4, 0.5) is 0 Å². The van der Waals surface area contributed by atoms with Crippen LogP contribution in [-0.2, 0) is 4.79 Å². The normalized spacial score (nSPS) is 11.7. The molecule has 1 rings (SSSR count). The van der Waals surface area contributed by atoms with E-state index in [2.05, 4.69) is 5.32 Å². The molecule has 1 unspecified atom stereocenters. The summed E-state index contributed by atoms with van der Waals surface area (Å²) < 4.78 is 0. The van der Waals surface area contributed by atoms with E-state index in [9.17, 15) is 4.79 Å². The summed E-state index contributed by atoms with van der Waals surface area (Å²) in [7, 11) is 0. The van der Waals surface area contributed by atoms with Gasteiger partial charge >= 0.3 is 5.97 Å². The SMILES string of the molecule is CCCC(NCCSc1ccc(Cl)cc1)C(=O)O.Cl. The summed E-state index contributed by atoms with van der Waals surface area (Å²) >= 11 is 7.48. The Balaban J connectivity index is 0.00000324. The first-order valence-corrected chi connectivity index (χ1v) is 7.34. The average Bonchev–Trinajstić information content (AvgIpc) is 2.35. The number of carbonyl (C=O) groups is 1. The Kier molecular flexibility index (Phi) is 10.1. The second-order valence-corrected chi connectivity index (χ2v) is 5.54. The number of thioether (sulfide) groups is 1. The molecule has 0 aromatic heterocycles. The number of carboxylic acids is 1. The summed E-state index contributed by atoms with van der Waals surface area (Å²) in [4.78, 5) is 12.0. The molecule has 0 radical (unpaired) electrons. The average molecular weight is 324 g/mol. The molecule has 0 saturated carbocycles. The molecule has 2 N–H and O–H groups in total. The van der Waals surface area contributed by atoms with Crippen molar-refractivity contribution in [2.24, 2.45) is 0 Å². The topological polar surface area (TPSA) is 49.3 Å². The van der Waals surface area contributed by atoms with Crippen LogP contribution in [0.3, 0.4) is 0 Å². The highest BCUT2D eigenvalue weighted by Gasteiger charge is 2.14. The Bertz CT molecular complexity index is 373. The van der Waals surface area contributed by atoms with Gasteiger partial charge in [-0.05, 0) is 30.7 Å². The van der Waals surface area contributed by atoms with E-state index in [0.29, 0.717) is 13.0 Å². The molecule has 0 bridgehead atoms. The zero-order valence-electron chi connectivity index (χ0n) is 10.8. The molecule has 0 amide bonds. The Hall–Kier alpha value is -0.420. The lowest BCUT2D eigenvalue weighted by Gasteiger charge is -2.12. The fraction of sp³-hybridized carbons (Fsp3) is 0.462. The van der Waals surface area contributed by atoms with E-state index in [4.69, 9.17) is 16.7 Å². The zero-order chi connectivity index (χ0) is 13.4. The van der Waals surface area contributed by atoms with E-state index in [1.54, 1.807) is 11.8 Å². The molecule has 0 aliphatic heterocycles. The zero-order valence-corrected chi connectivity index (χ0v) is 13.2. The van der Waals surface area contributed by atoms with Crippen molar-refractivity contribution in [3.05, 3.63) is 29.3 Å². The van der Waals surface area contributed by atoms with Gasteiger partial charge in [-0.2, -0.15) is 0 Å². The molecule has 19 heavy (non-hydrogen) atoms. The Morgan fingerprint density at radius 2 is 2.05 bits per heavy atom. The molecule has 108 valence electrons. The highest BCUT2D eigenvalue weighted by atomic mass is 35.5. The van der Waals surface area contributed by atoms with E-state index in [1.165, 1.54) is 0 Å². The maximum Gasteiger partial charge on any atom is 0.320 e. The Labute approximate surface area is 129 Å². The molecule has 0 fully saturated rings. The number of nitrogens with one attached hydrogen (secondary N) is 1. The second kappa shape index (κ2) is 10.4. The molecule has 3 nitrogen and oxygen atoms in total. The predicted octanol–water partition coefficient (Wildman–Crippen LogP) is 3.70. The van der Waals surface area contributed by atoms with Gasteiger partial charge in [0.25, 0.3) is 0 Å². The van der Waals surface area contributed by atoms with E-state index in [0.717, 1.165) is 22.1 Å². The van der Waals surface area contributed by atoms with Gasteiger partial charge in [0, 0.05) is 22.2 Å². The lowest BCUT2D eigenvalue weighted by Crippen LogP contribution is -2.37. The summed E-state index contributed by atoms with van der Waals surface area (Å²) in [6.45, 7) is 2.67. The summed E-state index contributed by atoms with van der Waals surface area (Å²) in [5.41, 5.74) is 0. The third-order valence-electron chi connectivity index (χ3n) is 2.45. The molecule has 1 aromatic carbocycles. The number of benzene rings is 1. The molecule has 0 aliphatic carbocycles. The van der Waals surface area contributed by atoms with Gasteiger partial charge in [0.05, 0.1) is 0 Å². The number of hydrogen-bond donors (Lipinski definition) is 2. The fourth-order valence-electron chi connectivity index (χ4n) is 1.53. The number of rotatable bonds is 8. The van der Waals surface area contributed by atoms with Crippen molar-refractivity contribution < 1.29 is 9.90 Å². The minimum atomic E-state index is -0.770. The standard InChI is InChI=1S/C13H18ClNO2S.ClH/c1-2-3-12(13(16)17)15-8-9-18-11-6-4-10(14)5-7-11;/h4-7,12,15H,2-3,8-9H2,1H3,(H,16,17);1H. The van der Waals surface area contributed by atoms with Gasteiger partial charge in [-0.1, -0.05) is 24.9 Å². The Morgan fingerprint density at radius 3 is 2.58 bits per heavy atom. The fourth-order valence-corrected chi connectivity index (χ4v) is 2.44. The van der Waals surface area contributed by atoms with Crippen LogP contribution in [-0.4, -0.2) is 29.4 Å². The maximum absolute atomic E-state index is 10.9. The third kappa shape index (κ3) is 7.67. The molecule has 0 aliphatic rings. The van der Waals surface area contributed by atoms with Crippen molar-refractivity contribution >= 4 is 41.7 Å². The van der Waals surface area contributed by atoms with Gasteiger partial charge in [0.15, 0.2) is 0 Å². The van der Waals surface area contributed by atoms with Crippen molar-refractivity contribution in [3.63, 3.8) is 0 Å². The lowest BCUT2D eigenvalue weighted by atomic mass is 10.2. The van der Waals surface area contributed by atoms with Crippen molar-refractivity contribution in [1.29, 1.82) is 0 Å². The first-order valence-electron chi connectivity index (χ1n) is 5.98. The molecule has 0 heterocycles. The Morgan fingerprint density at radius 1 is 1.42 bits per heavy atom. The minimum absolute atomic E-state index is 0. The van der Waals surface area contributed by atoms with Crippen molar-refractivity contribution in [2.45, 2.75) is 30.7 Å². The van der Waals surface area contributed by atoms with Crippen LogP contribution in [0, 0.1) is 0 Å². The van der Waals surface area contributed by atoms with Crippen LogP contribution in [0.15, 0.2) is 29.2 Å². The van der Waals surface area contributed by atoms with Crippen LogP contribution in [0.25, 0.3) is 0 Å². The molecule has 1 aromatic rings. The molecule has 6 heteroatoms. The summed E-state index contributed by atoms with van der Waals surface area (Å²) in [5, 5.41) is 12.8. The van der Waals surface area contributed by atoms with E-state index < -0.39 is 12.0 Å². The van der Waals surface area contributed by atoms with E-state index >= 15 is 0 Å². The second-order valence-electron chi connectivity index (χ2n) is 3.94. The van der Waals surface area contributed by atoms with Crippen LogP contribution >= 0.6 is 35.8 Å². The van der Waals surface area contributed by atoms with Crippen LogP contribution in [0.5, 0.6) is 0 Å². The molecule has 0 saturated heterocycles. The van der Waals surface area contributed by atoms with Crippen molar-refractivity contribution in [3.8, 4) is 0 Å². The van der Waals surface area contributed by atoms with Gasteiger partial charge in [-0.25, -0.2) is 0 Å². The minimum Gasteiger partial charge on any atom is -0.480 e. The summed E-state index contributed by atoms with van der Waals surface area (Å²) in [6, 6.07) is 7.21. The van der Waals surface area contributed by atoms with Gasteiger partial charge in [-0.3, -0.25) is 4.79 Å². The first-order chi connectivity index (χ1) is 8.63. The summed E-state index contributed by atoms with van der Waals surface area (Å²) in [5.74, 6) is 0.0723. The largest absolute Gasteiger partial charge is 0.480 e. The monoisotopic (exact) mass is 323 g/mol. The first kappa shape index (κ1) is 18.6. The highest BCUT2D eigenvalue weighted by Crippen LogP contribution is 2.19. The van der Waals surface area contributed by atoms with Gasteiger partial charge in [0.2, 0.25) is 0 Å². The van der Waals surface area contributed by atoms with Gasteiger partial charge < -0.3 is 10.4 Å². The lowest BCUT2D eigenvalue weighted by molar-refractivity contribution is -0.139. The van der Waals surface area contributed by atoms with Crippen molar-refractivity contribution in [2.75, 3.05) is 12.3 Å². The molecular weight excluding hydrogens is 305 g/mol. The highest BCUT2D eigenvalue weighted by molar-refractivity contribution is 7.99. The summed E-state index contributed by atoms with van der Waals surface area (Å²) in [6.07, 6.45) is 1.54. The van der Waals surface area contributed by atoms with E-state index in [-0.39, 0.29) is 12.4 Å². The number of carboxylic acid groups (broad SMARTS) is 1. The molecule has 0 spiro atoms.